The fourth-order valence-corrected chi connectivity index (χ4v) is 5.12. The molecule has 2 fully saturated rings. The quantitative estimate of drug-likeness (QED) is 0.339. The Morgan fingerprint density at radius 3 is 2.51 bits per heavy atom. The summed E-state index contributed by atoms with van der Waals surface area (Å²) in [5.41, 5.74) is 8.75. The van der Waals surface area contributed by atoms with Crippen LogP contribution in [0.4, 0.5) is 0 Å². The zero-order valence-corrected chi connectivity index (χ0v) is 21.5. The van der Waals surface area contributed by atoms with Crippen LogP contribution in [-0.2, 0) is 6.61 Å². The molecule has 1 aromatic carbocycles. The van der Waals surface area contributed by atoms with E-state index in [-0.39, 0.29) is 29.5 Å². The van der Waals surface area contributed by atoms with Gasteiger partial charge in [-0.3, -0.25) is 9.59 Å². The lowest BCUT2D eigenvalue weighted by Gasteiger charge is -2.29. The molecule has 0 unspecified atom stereocenters. The molecular weight excluding hydrogens is 496 g/mol. The van der Waals surface area contributed by atoms with Crippen molar-refractivity contribution in [2.45, 2.75) is 63.2 Å². The van der Waals surface area contributed by atoms with Crippen LogP contribution in [0.1, 0.15) is 76.5 Å². The maximum absolute atomic E-state index is 13.2. The van der Waals surface area contributed by atoms with Crippen molar-refractivity contribution in [1.82, 2.24) is 25.1 Å². The van der Waals surface area contributed by atoms with Crippen molar-refractivity contribution in [3.05, 3.63) is 83.3 Å². The normalized spacial score (nSPS) is 19.0. The number of primary amides is 1. The Labute approximate surface area is 225 Å². The SMILES string of the molecule is NC(=O)c1cccnc1OC1CCC(NC(=O)c2nnn3c(C4CC4)c(OCc4ccccc4)ccc23)CC1. The molecule has 0 spiro atoms. The molecule has 3 heterocycles. The van der Waals surface area contributed by atoms with Crippen molar-refractivity contribution < 1.29 is 19.1 Å². The first-order valence-electron chi connectivity index (χ1n) is 13.3. The number of aromatic nitrogens is 4. The molecule has 10 heteroatoms. The molecule has 0 radical (unpaired) electrons. The zero-order chi connectivity index (χ0) is 26.8. The number of nitrogens with zero attached hydrogens (tertiary/aromatic N) is 4. The van der Waals surface area contributed by atoms with Gasteiger partial charge in [-0.25, -0.2) is 9.50 Å². The molecule has 2 amide bonds. The van der Waals surface area contributed by atoms with Gasteiger partial charge < -0.3 is 20.5 Å². The molecule has 4 aromatic rings. The molecular formula is C29H30N6O4. The molecule has 0 saturated heterocycles. The summed E-state index contributed by atoms with van der Waals surface area (Å²) in [6.07, 6.45) is 6.50. The minimum Gasteiger partial charge on any atom is -0.487 e. The van der Waals surface area contributed by atoms with Gasteiger partial charge >= 0.3 is 0 Å². The molecule has 200 valence electrons. The summed E-state index contributed by atoms with van der Waals surface area (Å²) >= 11 is 0. The number of rotatable bonds is 9. The first-order chi connectivity index (χ1) is 19.1. The summed E-state index contributed by atoms with van der Waals surface area (Å²) in [7, 11) is 0. The number of nitrogens with one attached hydrogen (secondary N) is 1. The number of amides is 2. The Balaban J connectivity index is 1.11. The molecule has 0 aliphatic heterocycles. The number of nitrogens with two attached hydrogens (primary N) is 1. The van der Waals surface area contributed by atoms with Gasteiger partial charge in [0, 0.05) is 18.2 Å². The number of ether oxygens (including phenoxy) is 2. The molecule has 2 aliphatic carbocycles. The average Bonchev–Trinajstić information content (AvgIpc) is 3.70. The maximum Gasteiger partial charge on any atom is 0.274 e. The third-order valence-corrected chi connectivity index (χ3v) is 7.32. The maximum atomic E-state index is 13.2. The summed E-state index contributed by atoms with van der Waals surface area (Å²) < 4.78 is 13.9. The Hall–Kier alpha value is -4.47. The largest absolute Gasteiger partial charge is 0.487 e. The van der Waals surface area contributed by atoms with Crippen LogP contribution < -0.4 is 20.5 Å². The molecule has 6 rings (SSSR count). The fourth-order valence-electron chi connectivity index (χ4n) is 5.12. The van der Waals surface area contributed by atoms with Gasteiger partial charge in [-0.1, -0.05) is 35.5 Å². The van der Waals surface area contributed by atoms with Crippen LogP contribution in [0.25, 0.3) is 5.52 Å². The first kappa shape index (κ1) is 24.8. The summed E-state index contributed by atoms with van der Waals surface area (Å²) in [5.74, 6) is 0.569. The van der Waals surface area contributed by atoms with E-state index in [1.807, 2.05) is 42.5 Å². The van der Waals surface area contributed by atoms with E-state index in [2.05, 4.69) is 20.6 Å². The van der Waals surface area contributed by atoms with E-state index in [9.17, 15) is 9.59 Å². The van der Waals surface area contributed by atoms with Gasteiger partial charge in [0.2, 0.25) is 5.88 Å². The Kier molecular flexibility index (Phi) is 6.83. The van der Waals surface area contributed by atoms with E-state index in [0.29, 0.717) is 23.7 Å². The predicted molar refractivity (Wildman–Crippen MR) is 143 cm³/mol. The number of pyridine rings is 2. The molecule has 3 aromatic heterocycles. The average molecular weight is 527 g/mol. The van der Waals surface area contributed by atoms with Crippen LogP contribution in [0, 0.1) is 0 Å². The van der Waals surface area contributed by atoms with Gasteiger partial charge in [0.05, 0.1) is 5.69 Å². The second-order valence-corrected chi connectivity index (χ2v) is 10.2. The van der Waals surface area contributed by atoms with Crippen molar-refractivity contribution >= 4 is 17.3 Å². The minimum atomic E-state index is -0.570. The molecule has 2 aliphatic rings. The van der Waals surface area contributed by atoms with Crippen LogP contribution >= 0.6 is 0 Å². The number of hydrogen-bond acceptors (Lipinski definition) is 7. The van der Waals surface area contributed by atoms with Gasteiger partial charge in [0.25, 0.3) is 11.8 Å². The number of fused-ring (bicyclic) bond motifs is 1. The number of benzene rings is 1. The van der Waals surface area contributed by atoms with Crippen LogP contribution in [-0.4, -0.2) is 43.8 Å². The van der Waals surface area contributed by atoms with Crippen molar-refractivity contribution in [3.8, 4) is 11.6 Å². The second kappa shape index (κ2) is 10.7. The standard InChI is InChI=1S/C29H30N6O4/c30-27(36)22-7-4-16-31-29(22)39-21-12-10-20(11-13-21)32-28(37)25-23-14-15-24(38-17-18-5-2-1-3-6-18)26(19-8-9-19)35(23)34-33-25/h1-7,14-16,19-21H,8-13,17H2,(H2,30,36)(H,32,37). The lowest BCUT2D eigenvalue weighted by atomic mass is 9.93. The smallest absolute Gasteiger partial charge is 0.274 e. The number of carbonyl (C=O) groups excluding carboxylic acids is 2. The van der Waals surface area contributed by atoms with E-state index < -0.39 is 5.91 Å². The molecule has 10 nitrogen and oxygen atoms in total. The van der Waals surface area contributed by atoms with Gasteiger partial charge in [0.1, 0.15) is 29.5 Å². The highest BCUT2D eigenvalue weighted by atomic mass is 16.5. The minimum absolute atomic E-state index is 0.00942. The van der Waals surface area contributed by atoms with Gasteiger partial charge in [0.15, 0.2) is 5.69 Å². The highest BCUT2D eigenvalue weighted by Gasteiger charge is 2.32. The van der Waals surface area contributed by atoms with Crippen molar-refractivity contribution in [3.63, 3.8) is 0 Å². The predicted octanol–water partition coefficient (Wildman–Crippen LogP) is 3.80. The first-order valence-corrected chi connectivity index (χ1v) is 13.3. The Bertz CT molecular complexity index is 1490. The van der Waals surface area contributed by atoms with Crippen molar-refractivity contribution in [2.24, 2.45) is 5.73 Å². The molecule has 2 saturated carbocycles. The topological polar surface area (TPSA) is 134 Å². The fraction of sp³-hybridized carbons (Fsp3) is 0.345. The second-order valence-electron chi connectivity index (χ2n) is 10.2. The number of carbonyl (C=O) groups is 2. The van der Waals surface area contributed by atoms with Crippen LogP contribution in [0.15, 0.2) is 60.8 Å². The molecule has 39 heavy (non-hydrogen) atoms. The van der Waals surface area contributed by atoms with E-state index in [4.69, 9.17) is 15.2 Å². The highest BCUT2D eigenvalue weighted by molar-refractivity contribution is 5.99. The van der Waals surface area contributed by atoms with Crippen LogP contribution in [0.5, 0.6) is 11.6 Å². The van der Waals surface area contributed by atoms with E-state index in [0.717, 1.165) is 55.5 Å². The van der Waals surface area contributed by atoms with E-state index >= 15 is 0 Å². The summed E-state index contributed by atoms with van der Waals surface area (Å²) in [6.45, 7) is 0.463. The molecule has 0 atom stereocenters. The lowest BCUT2D eigenvalue weighted by molar-refractivity contribution is 0.0878. The Morgan fingerprint density at radius 1 is 0.974 bits per heavy atom. The van der Waals surface area contributed by atoms with Crippen LogP contribution in [0.3, 0.4) is 0 Å². The summed E-state index contributed by atoms with van der Waals surface area (Å²) in [5, 5.41) is 11.7. The molecule has 0 bridgehead atoms. The molecule has 3 N–H and O–H groups in total. The third-order valence-electron chi connectivity index (χ3n) is 7.32. The van der Waals surface area contributed by atoms with E-state index in [1.54, 1.807) is 22.8 Å². The zero-order valence-electron chi connectivity index (χ0n) is 21.5. The van der Waals surface area contributed by atoms with Gasteiger partial charge in [-0.05, 0) is 68.4 Å². The van der Waals surface area contributed by atoms with Crippen molar-refractivity contribution in [1.29, 1.82) is 0 Å². The van der Waals surface area contributed by atoms with Gasteiger partial charge in [-0.15, -0.1) is 5.10 Å². The van der Waals surface area contributed by atoms with Crippen molar-refractivity contribution in [2.75, 3.05) is 0 Å². The summed E-state index contributed by atoms with van der Waals surface area (Å²) in [4.78, 5) is 29.0. The third kappa shape index (κ3) is 5.41. The van der Waals surface area contributed by atoms with Crippen LogP contribution in [0.2, 0.25) is 0 Å². The highest BCUT2D eigenvalue weighted by Crippen LogP contribution is 2.44. The lowest BCUT2D eigenvalue weighted by Crippen LogP contribution is -2.40. The van der Waals surface area contributed by atoms with E-state index in [1.165, 1.54) is 0 Å². The monoisotopic (exact) mass is 526 g/mol. The Morgan fingerprint density at radius 2 is 1.77 bits per heavy atom. The summed E-state index contributed by atoms with van der Waals surface area (Å²) in [6, 6.07) is 17.1. The van der Waals surface area contributed by atoms with Gasteiger partial charge in [-0.2, -0.15) is 0 Å². The number of hydrogen-bond donors (Lipinski definition) is 2.